The average Bonchev–Trinajstić information content (AvgIpc) is 2.67. The van der Waals surface area contributed by atoms with Gasteiger partial charge in [0, 0.05) is 27.5 Å². The molecule has 0 atom stereocenters. The molecule has 0 bridgehead atoms. The van der Waals surface area contributed by atoms with E-state index in [9.17, 15) is 9.59 Å². The molecule has 1 amide bonds. The quantitative estimate of drug-likeness (QED) is 0.626. The number of nitrogens with zero attached hydrogens (tertiary/aromatic N) is 1. The highest BCUT2D eigenvalue weighted by Crippen LogP contribution is 2.19. The lowest BCUT2D eigenvalue weighted by Crippen LogP contribution is -2.20. The SMILES string of the molecule is CCc1cc(=O)[nH]c(-c2cccc(NC(=O)COc3ccc(Br)cc3)c2)n1. The first kappa shape index (κ1) is 18.8. The third-order valence-electron chi connectivity index (χ3n) is 3.76. The van der Waals surface area contributed by atoms with Crippen LogP contribution in [0.5, 0.6) is 5.75 Å². The number of aryl methyl sites for hydroxylation is 1. The molecule has 0 spiro atoms. The molecule has 138 valence electrons. The number of hydrogen-bond acceptors (Lipinski definition) is 4. The Morgan fingerprint density at radius 2 is 1.96 bits per heavy atom. The highest BCUT2D eigenvalue weighted by Gasteiger charge is 2.07. The Hall–Kier alpha value is -2.93. The van der Waals surface area contributed by atoms with E-state index >= 15 is 0 Å². The van der Waals surface area contributed by atoms with Crippen molar-refractivity contribution in [2.24, 2.45) is 0 Å². The summed E-state index contributed by atoms with van der Waals surface area (Å²) in [4.78, 5) is 31.0. The molecule has 3 rings (SSSR count). The maximum Gasteiger partial charge on any atom is 0.262 e. The molecule has 0 unspecified atom stereocenters. The van der Waals surface area contributed by atoms with Gasteiger partial charge in [-0.2, -0.15) is 0 Å². The number of aromatic amines is 1. The van der Waals surface area contributed by atoms with Crippen molar-refractivity contribution in [2.45, 2.75) is 13.3 Å². The maximum absolute atomic E-state index is 12.1. The van der Waals surface area contributed by atoms with Gasteiger partial charge < -0.3 is 15.0 Å². The van der Waals surface area contributed by atoms with E-state index < -0.39 is 0 Å². The Kier molecular flexibility index (Phi) is 6.03. The van der Waals surface area contributed by atoms with Crippen LogP contribution in [0.3, 0.4) is 0 Å². The third-order valence-corrected chi connectivity index (χ3v) is 4.29. The molecule has 7 heteroatoms. The third kappa shape index (κ3) is 5.27. The Balaban J connectivity index is 1.68. The number of nitrogens with one attached hydrogen (secondary N) is 2. The summed E-state index contributed by atoms with van der Waals surface area (Å²) < 4.78 is 6.40. The van der Waals surface area contributed by atoms with Crippen LogP contribution in [0.25, 0.3) is 11.4 Å². The summed E-state index contributed by atoms with van der Waals surface area (Å²) >= 11 is 3.35. The molecule has 0 saturated heterocycles. The fourth-order valence-electron chi connectivity index (χ4n) is 2.45. The number of ether oxygens (including phenoxy) is 1. The Morgan fingerprint density at radius 3 is 2.70 bits per heavy atom. The second-order valence-electron chi connectivity index (χ2n) is 5.81. The van der Waals surface area contributed by atoms with Crippen molar-refractivity contribution in [1.82, 2.24) is 9.97 Å². The number of anilines is 1. The van der Waals surface area contributed by atoms with E-state index in [0.29, 0.717) is 34.9 Å². The van der Waals surface area contributed by atoms with Crippen LogP contribution in [0.2, 0.25) is 0 Å². The van der Waals surface area contributed by atoms with E-state index in [4.69, 9.17) is 4.74 Å². The van der Waals surface area contributed by atoms with Gasteiger partial charge in [0.15, 0.2) is 6.61 Å². The Morgan fingerprint density at radius 1 is 1.19 bits per heavy atom. The molecule has 1 aromatic heterocycles. The van der Waals surface area contributed by atoms with Crippen LogP contribution in [0.15, 0.2) is 63.9 Å². The number of aromatic nitrogens is 2. The number of rotatable bonds is 6. The molecule has 27 heavy (non-hydrogen) atoms. The molecule has 0 aliphatic carbocycles. The molecular weight excluding hydrogens is 410 g/mol. The summed E-state index contributed by atoms with van der Waals surface area (Å²) in [6.45, 7) is 1.83. The molecule has 2 aromatic carbocycles. The molecule has 0 radical (unpaired) electrons. The summed E-state index contributed by atoms with van der Waals surface area (Å²) in [6, 6.07) is 15.9. The summed E-state index contributed by atoms with van der Waals surface area (Å²) in [7, 11) is 0. The highest BCUT2D eigenvalue weighted by molar-refractivity contribution is 9.10. The largest absolute Gasteiger partial charge is 0.484 e. The first-order valence-corrected chi connectivity index (χ1v) is 9.21. The van der Waals surface area contributed by atoms with E-state index in [-0.39, 0.29) is 18.1 Å². The van der Waals surface area contributed by atoms with Crippen LogP contribution in [0.1, 0.15) is 12.6 Å². The van der Waals surface area contributed by atoms with Crippen LogP contribution in [0, 0.1) is 0 Å². The predicted octanol–water partition coefficient (Wildman–Crippen LogP) is 3.78. The number of benzene rings is 2. The number of hydrogen-bond donors (Lipinski definition) is 2. The predicted molar refractivity (Wildman–Crippen MR) is 108 cm³/mol. The zero-order valence-electron chi connectivity index (χ0n) is 14.7. The zero-order valence-corrected chi connectivity index (χ0v) is 16.2. The number of carbonyl (C=O) groups is 1. The lowest BCUT2D eigenvalue weighted by molar-refractivity contribution is -0.118. The first-order valence-electron chi connectivity index (χ1n) is 8.42. The number of amides is 1. The Labute approximate surface area is 164 Å². The number of carbonyl (C=O) groups excluding carboxylic acids is 1. The van der Waals surface area contributed by atoms with E-state index in [1.165, 1.54) is 6.07 Å². The minimum absolute atomic E-state index is 0.105. The molecule has 0 fully saturated rings. The van der Waals surface area contributed by atoms with Crippen molar-refractivity contribution in [2.75, 3.05) is 11.9 Å². The van der Waals surface area contributed by atoms with E-state index in [0.717, 1.165) is 4.47 Å². The molecule has 0 aliphatic heterocycles. The normalized spacial score (nSPS) is 10.4. The fraction of sp³-hybridized carbons (Fsp3) is 0.150. The maximum atomic E-state index is 12.1. The zero-order chi connectivity index (χ0) is 19.2. The van der Waals surface area contributed by atoms with Crippen LogP contribution in [0.4, 0.5) is 5.69 Å². The topological polar surface area (TPSA) is 84.1 Å². The van der Waals surface area contributed by atoms with Crippen molar-refractivity contribution in [3.63, 3.8) is 0 Å². The lowest BCUT2D eigenvalue weighted by Gasteiger charge is -2.09. The molecule has 0 aliphatic rings. The van der Waals surface area contributed by atoms with Gasteiger partial charge in [-0.15, -0.1) is 0 Å². The van der Waals surface area contributed by atoms with Crippen molar-refractivity contribution in [3.05, 3.63) is 75.1 Å². The molecule has 0 saturated carbocycles. The summed E-state index contributed by atoms with van der Waals surface area (Å²) in [5.41, 5.74) is 1.83. The highest BCUT2D eigenvalue weighted by atomic mass is 79.9. The molecule has 3 aromatic rings. The second kappa shape index (κ2) is 8.64. The van der Waals surface area contributed by atoms with Crippen molar-refractivity contribution in [3.8, 4) is 17.1 Å². The average molecular weight is 428 g/mol. The van der Waals surface area contributed by atoms with Crippen LogP contribution >= 0.6 is 15.9 Å². The van der Waals surface area contributed by atoms with Gasteiger partial charge in [0.25, 0.3) is 11.5 Å². The van der Waals surface area contributed by atoms with Crippen molar-refractivity contribution in [1.29, 1.82) is 0 Å². The standard InChI is InChI=1S/C20H18BrN3O3/c1-2-15-11-18(25)24-20(23-15)13-4-3-5-16(10-13)22-19(26)12-27-17-8-6-14(21)7-9-17/h3-11H,2,12H2,1H3,(H,22,26)(H,23,24,25). The molecule has 2 N–H and O–H groups in total. The minimum Gasteiger partial charge on any atom is -0.484 e. The Bertz CT molecular complexity index is 1000. The first-order chi connectivity index (χ1) is 13.0. The second-order valence-corrected chi connectivity index (χ2v) is 6.73. The van der Waals surface area contributed by atoms with E-state index in [1.807, 2.05) is 25.1 Å². The van der Waals surface area contributed by atoms with Gasteiger partial charge >= 0.3 is 0 Å². The fourth-order valence-corrected chi connectivity index (χ4v) is 2.71. The van der Waals surface area contributed by atoms with Gasteiger partial charge in [0.2, 0.25) is 0 Å². The minimum atomic E-state index is -0.279. The number of halogens is 1. The van der Waals surface area contributed by atoms with Gasteiger partial charge in [0.1, 0.15) is 11.6 Å². The van der Waals surface area contributed by atoms with Gasteiger partial charge in [0.05, 0.1) is 0 Å². The molecule has 1 heterocycles. The summed E-state index contributed by atoms with van der Waals surface area (Å²) in [6.07, 6.45) is 0.667. The lowest BCUT2D eigenvalue weighted by atomic mass is 10.1. The molecular formula is C20H18BrN3O3. The van der Waals surface area contributed by atoms with Crippen LogP contribution in [-0.4, -0.2) is 22.5 Å². The molecule has 6 nitrogen and oxygen atoms in total. The van der Waals surface area contributed by atoms with Crippen LogP contribution in [-0.2, 0) is 11.2 Å². The van der Waals surface area contributed by atoms with Gasteiger partial charge in [-0.25, -0.2) is 4.98 Å². The smallest absolute Gasteiger partial charge is 0.262 e. The van der Waals surface area contributed by atoms with Crippen LogP contribution < -0.4 is 15.6 Å². The van der Waals surface area contributed by atoms with Gasteiger partial charge in [-0.1, -0.05) is 35.0 Å². The van der Waals surface area contributed by atoms with E-state index in [1.54, 1.807) is 30.3 Å². The monoisotopic (exact) mass is 427 g/mol. The van der Waals surface area contributed by atoms with E-state index in [2.05, 4.69) is 31.2 Å². The van der Waals surface area contributed by atoms with Gasteiger partial charge in [-0.05, 0) is 42.8 Å². The number of H-pyrrole nitrogens is 1. The van der Waals surface area contributed by atoms with Gasteiger partial charge in [-0.3, -0.25) is 9.59 Å². The summed E-state index contributed by atoms with van der Waals surface area (Å²) in [5.74, 6) is 0.806. The van der Waals surface area contributed by atoms with Crippen molar-refractivity contribution < 1.29 is 9.53 Å². The summed E-state index contributed by atoms with van der Waals surface area (Å²) in [5, 5.41) is 2.78. The van der Waals surface area contributed by atoms with Crippen molar-refractivity contribution >= 4 is 27.5 Å².